The van der Waals surface area contributed by atoms with Crippen LogP contribution in [0.4, 0.5) is 11.4 Å². The highest BCUT2D eigenvalue weighted by molar-refractivity contribution is 6.00. The zero-order valence-corrected chi connectivity index (χ0v) is 9.51. The van der Waals surface area contributed by atoms with Gasteiger partial charge in [0.15, 0.2) is 5.75 Å². The molecular formula is C13H11N3O2. The SMILES string of the molecule is Nc1cc2c(cc1Oc1cccnc1)NC(=O)C2. The van der Waals surface area contributed by atoms with E-state index in [1.54, 1.807) is 36.7 Å². The van der Waals surface area contributed by atoms with Gasteiger partial charge in [0.05, 0.1) is 18.3 Å². The summed E-state index contributed by atoms with van der Waals surface area (Å²) in [6.45, 7) is 0. The Kier molecular flexibility index (Phi) is 2.37. The number of nitrogen functional groups attached to an aromatic ring is 1. The maximum atomic E-state index is 11.3. The number of nitrogens with two attached hydrogens (primary N) is 1. The molecule has 0 radical (unpaired) electrons. The molecule has 2 heterocycles. The second-order valence-electron chi connectivity index (χ2n) is 4.06. The van der Waals surface area contributed by atoms with E-state index in [-0.39, 0.29) is 5.91 Å². The molecule has 3 N–H and O–H groups in total. The number of hydrogen-bond donors (Lipinski definition) is 2. The molecule has 3 rings (SSSR count). The largest absolute Gasteiger partial charge is 0.454 e. The number of ether oxygens (including phenoxy) is 1. The molecule has 0 spiro atoms. The maximum Gasteiger partial charge on any atom is 0.228 e. The number of aromatic nitrogens is 1. The Balaban J connectivity index is 1.94. The van der Waals surface area contributed by atoms with Crippen molar-refractivity contribution in [3.05, 3.63) is 42.2 Å². The van der Waals surface area contributed by atoms with E-state index in [9.17, 15) is 4.79 Å². The first-order valence-electron chi connectivity index (χ1n) is 5.52. The van der Waals surface area contributed by atoms with Crippen molar-refractivity contribution in [2.75, 3.05) is 11.1 Å². The van der Waals surface area contributed by atoms with Gasteiger partial charge >= 0.3 is 0 Å². The number of pyridine rings is 1. The average molecular weight is 241 g/mol. The summed E-state index contributed by atoms with van der Waals surface area (Å²) in [5.74, 6) is 1.10. The summed E-state index contributed by atoms with van der Waals surface area (Å²) in [7, 11) is 0. The Morgan fingerprint density at radius 1 is 1.39 bits per heavy atom. The fraction of sp³-hybridized carbons (Fsp3) is 0.0769. The van der Waals surface area contributed by atoms with Crippen molar-refractivity contribution in [1.82, 2.24) is 4.98 Å². The number of carbonyl (C=O) groups excluding carboxylic acids is 1. The summed E-state index contributed by atoms with van der Waals surface area (Å²) in [6, 6.07) is 7.07. The maximum absolute atomic E-state index is 11.3. The molecule has 1 amide bonds. The van der Waals surface area contributed by atoms with E-state index >= 15 is 0 Å². The van der Waals surface area contributed by atoms with Gasteiger partial charge in [0.2, 0.25) is 5.91 Å². The van der Waals surface area contributed by atoms with Crippen LogP contribution in [0.3, 0.4) is 0 Å². The van der Waals surface area contributed by atoms with Crippen LogP contribution in [0.5, 0.6) is 11.5 Å². The van der Waals surface area contributed by atoms with Crippen LogP contribution in [0.15, 0.2) is 36.7 Å². The molecule has 0 fully saturated rings. The summed E-state index contributed by atoms with van der Waals surface area (Å²) >= 11 is 0. The van der Waals surface area contributed by atoms with Crippen molar-refractivity contribution in [1.29, 1.82) is 0 Å². The molecule has 18 heavy (non-hydrogen) atoms. The molecule has 90 valence electrons. The van der Waals surface area contributed by atoms with E-state index in [1.165, 1.54) is 0 Å². The monoisotopic (exact) mass is 241 g/mol. The number of benzene rings is 1. The first-order chi connectivity index (χ1) is 8.72. The number of nitrogens with zero attached hydrogens (tertiary/aromatic N) is 1. The number of carbonyl (C=O) groups is 1. The minimum absolute atomic E-state index is 0.0251. The smallest absolute Gasteiger partial charge is 0.228 e. The molecule has 5 nitrogen and oxygen atoms in total. The fourth-order valence-corrected chi connectivity index (χ4v) is 1.90. The molecule has 1 aromatic carbocycles. The van der Waals surface area contributed by atoms with Gasteiger partial charge in [-0.15, -0.1) is 0 Å². The Bertz CT molecular complexity index is 611. The predicted octanol–water partition coefficient (Wildman–Crippen LogP) is 1.95. The molecule has 0 atom stereocenters. The van der Waals surface area contributed by atoms with E-state index in [0.29, 0.717) is 23.6 Å². The lowest BCUT2D eigenvalue weighted by Crippen LogP contribution is -2.03. The number of rotatable bonds is 2. The van der Waals surface area contributed by atoms with E-state index in [4.69, 9.17) is 10.5 Å². The first kappa shape index (κ1) is 10.6. The van der Waals surface area contributed by atoms with Gasteiger partial charge < -0.3 is 15.8 Å². The van der Waals surface area contributed by atoms with Gasteiger partial charge in [-0.05, 0) is 23.8 Å². The topological polar surface area (TPSA) is 77.2 Å². The van der Waals surface area contributed by atoms with Crippen LogP contribution >= 0.6 is 0 Å². The molecule has 5 heteroatoms. The third kappa shape index (κ3) is 1.86. The molecule has 0 bridgehead atoms. The van der Waals surface area contributed by atoms with Crippen LogP contribution in [-0.2, 0) is 11.2 Å². The summed E-state index contributed by atoms with van der Waals surface area (Å²) in [5, 5.41) is 2.76. The number of nitrogens with one attached hydrogen (secondary N) is 1. The lowest BCUT2D eigenvalue weighted by Gasteiger charge is -2.10. The summed E-state index contributed by atoms with van der Waals surface area (Å²) in [6.07, 6.45) is 3.64. The highest BCUT2D eigenvalue weighted by Gasteiger charge is 2.19. The van der Waals surface area contributed by atoms with Crippen molar-refractivity contribution in [3.63, 3.8) is 0 Å². The van der Waals surface area contributed by atoms with Gasteiger partial charge in [0, 0.05) is 18.0 Å². The standard InChI is InChI=1S/C13H11N3O2/c14-10-4-8-5-13(17)16-11(8)6-12(10)18-9-2-1-3-15-7-9/h1-4,6-7H,5,14H2,(H,16,17). The Labute approximate surface area is 104 Å². The number of amides is 1. The molecule has 2 aromatic rings. The molecule has 0 aliphatic carbocycles. The molecular weight excluding hydrogens is 230 g/mol. The third-order valence-electron chi connectivity index (χ3n) is 2.72. The van der Waals surface area contributed by atoms with Crippen LogP contribution in [0.1, 0.15) is 5.56 Å². The van der Waals surface area contributed by atoms with Crippen molar-refractivity contribution in [2.24, 2.45) is 0 Å². The van der Waals surface area contributed by atoms with Crippen molar-refractivity contribution >= 4 is 17.3 Å². The number of hydrogen-bond acceptors (Lipinski definition) is 4. The van der Waals surface area contributed by atoms with E-state index < -0.39 is 0 Å². The van der Waals surface area contributed by atoms with Gasteiger partial charge in [-0.25, -0.2) is 0 Å². The van der Waals surface area contributed by atoms with E-state index in [0.717, 1.165) is 11.3 Å². The second kappa shape index (κ2) is 4.03. The first-order valence-corrected chi connectivity index (χ1v) is 5.52. The summed E-state index contributed by atoms with van der Waals surface area (Å²) in [5.41, 5.74) is 8.07. The van der Waals surface area contributed by atoms with Crippen LogP contribution in [0, 0.1) is 0 Å². The van der Waals surface area contributed by atoms with Crippen molar-refractivity contribution in [2.45, 2.75) is 6.42 Å². The minimum Gasteiger partial charge on any atom is -0.454 e. The average Bonchev–Trinajstić information content (AvgIpc) is 2.70. The van der Waals surface area contributed by atoms with Gasteiger partial charge in [-0.2, -0.15) is 0 Å². The van der Waals surface area contributed by atoms with Gasteiger partial charge in [-0.1, -0.05) is 0 Å². The quantitative estimate of drug-likeness (QED) is 0.788. The fourth-order valence-electron chi connectivity index (χ4n) is 1.90. The minimum atomic E-state index is -0.0251. The molecule has 1 aliphatic heterocycles. The van der Waals surface area contributed by atoms with Crippen molar-refractivity contribution < 1.29 is 9.53 Å². The molecule has 1 aliphatic rings. The molecule has 0 unspecified atom stereocenters. The zero-order chi connectivity index (χ0) is 12.5. The normalized spacial score (nSPS) is 13.0. The number of anilines is 2. The van der Waals surface area contributed by atoms with Crippen LogP contribution in [0.2, 0.25) is 0 Å². The lowest BCUT2D eigenvalue weighted by molar-refractivity contribution is -0.115. The molecule has 0 saturated carbocycles. The number of fused-ring (bicyclic) bond motifs is 1. The second-order valence-corrected chi connectivity index (χ2v) is 4.06. The lowest BCUT2D eigenvalue weighted by atomic mass is 10.1. The van der Waals surface area contributed by atoms with Gasteiger partial charge in [0.1, 0.15) is 5.75 Å². The Morgan fingerprint density at radius 2 is 2.28 bits per heavy atom. The van der Waals surface area contributed by atoms with E-state index in [2.05, 4.69) is 10.3 Å². The predicted molar refractivity (Wildman–Crippen MR) is 67.5 cm³/mol. The Hall–Kier alpha value is -2.56. The van der Waals surface area contributed by atoms with Gasteiger partial charge in [0.25, 0.3) is 0 Å². The highest BCUT2D eigenvalue weighted by atomic mass is 16.5. The van der Waals surface area contributed by atoms with Crippen molar-refractivity contribution in [3.8, 4) is 11.5 Å². The van der Waals surface area contributed by atoms with E-state index in [1.807, 2.05) is 0 Å². The van der Waals surface area contributed by atoms with Gasteiger partial charge in [-0.3, -0.25) is 9.78 Å². The summed E-state index contributed by atoms with van der Waals surface area (Å²) in [4.78, 5) is 15.2. The van der Waals surface area contributed by atoms with Crippen LogP contribution in [-0.4, -0.2) is 10.9 Å². The Morgan fingerprint density at radius 3 is 3.06 bits per heavy atom. The summed E-state index contributed by atoms with van der Waals surface area (Å²) < 4.78 is 5.63. The molecule has 0 saturated heterocycles. The zero-order valence-electron chi connectivity index (χ0n) is 9.51. The van der Waals surface area contributed by atoms with Crippen LogP contribution in [0.25, 0.3) is 0 Å². The third-order valence-corrected chi connectivity index (χ3v) is 2.72. The highest BCUT2D eigenvalue weighted by Crippen LogP contribution is 2.35. The molecule has 1 aromatic heterocycles. The van der Waals surface area contributed by atoms with Crippen LogP contribution < -0.4 is 15.8 Å².